The molecule has 0 rings (SSSR count). The summed E-state index contributed by atoms with van der Waals surface area (Å²) in [6.07, 6.45) is 0. The van der Waals surface area contributed by atoms with E-state index in [0.717, 1.165) is 0 Å². The second-order valence-electron chi connectivity index (χ2n) is 0. The van der Waals surface area contributed by atoms with Gasteiger partial charge in [-0.1, -0.05) is 14.9 Å². The fourth-order valence-corrected chi connectivity index (χ4v) is 0. The van der Waals surface area contributed by atoms with Gasteiger partial charge in [-0.25, -0.2) is 0 Å². The fraction of sp³-hybridized carbons (Fsp3) is 0.400. The van der Waals surface area contributed by atoms with Gasteiger partial charge in [0.05, 0.1) is 0 Å². The molecule has 2 heteroatoms. The molecule has 0 amide bonds. The predicted molar refractivity (Wildman–Crippen MR) is 32.7 cm³/mol. The van der Waals surface area contributed by atoms with Crippen LogP contribution in [0.2, 0.25) is 0 Å². The number of rotatable bonds is 0. The predicted octanol–water partition coefficient (Wildman–Crippen LogP) is 2.62. The Morgan fingerprint density at radius 1 is 0.571 bits per heavy atom. The van der Waals surface area contributed by atoms with Gasteiger partial charge in [0.25, 0.3) is 0 Å². The molecule has 0 aromatic carbocycles. The van der Waals surface area contributed by atoms with Gasteiger partial charge >= 0.3 is 0 Å². The topological polar surface area (TPSA) is 0 Å². The molecule has 0 aliphatic rings. The van der Waals surface area contributed by atoms with E-state index >= 15 is 0 Å². The zero-order chi connectivity index (χ0) is 0. The molecule has 0 aromatic rings. The van der Waals surface area contributed by atoms with E-state index in [-0.39, 0.29) is 75.3 Å². The largest absolute Gasteiger partial charge is 0.358 e. The summed E-state index contributed by atoms with van der Waals surface area (Å²) in [5.41, 5.74) is 0. The van der Waals surface area contributed by atoms with Gasteiger partial charge in [0.2, 0.25) is 0 Å². The number of hydrogen-bond donors (Lipinski definition) is 0. The summed E-state index contributed by atoms with van der Waals surface area (Å²) in [6, 6.07) is 0. The summed E-state index contributed by atoms with van der Waals surface area (Å²) in [6.45, 7) is 0. The summed E-state index contributed by atoms with van der Waals surface area (Å²) in [7, 11) is 0. The van der Waals surface area contributed by atoms with Gasteiger partial charge in [-0.2, -0.15) is 0 Å². The van der Waals surface area contributed by atoms with E-state index in [9.17, 15) is 0 Å². The van der Waals surface area contributed by atoms with E-state index in [2.05, 4.69) is 0 Å². The summed E-state index contributed by atoms with van der Waals surface area (Å²) in [5.74, 6) is 0. The molecule has 1 radical (unpaired) electrons. The first kappa shape index (κ1) is 292. The van der Waals surface area contributed by atoms with Crippen LogP contribution in [0.3, 0.4) is 0 Å². The van der Waals surface area contributed by atoms with Gasteiger partial charge in [-0.3, -0.25) is 0 Å². The average Bonchev–Trinajstić information content (AvgIpc) is 0. The van der Waals surface area contributed by atoms with Crippen LogP contribution in [0.1, 0.15) is 14.9 Å². The first-order chi connectivity index (χ1) is 0. The molecule has 0 bridgehead atoms. The molecular formula is C5H17CuW-3. The molecule has 0 heterocycles. The Hall–Kier alpha value is 1.21. The van der Waals surface area contributed by atoms with Crippen LogP contribution in [-0.4, -0.2) is 0 Å². The summed E-state index contributed by atoms with van der Waals surface area (Å²) < 4.78 is 0. The molecule has 0 aromatic heterocycles. The third-order valence-electron chi connectivity index (χ3n) is 0. The van der Waals surface area contributed by atoms with Crippen molar-refractivity contribution in [2.75, 3.05) is 0 Å². The van der Waals surface area contributed by atoms with Crippen molar-refractivity contribution in [1.82, 2.24) is 0 Å². The Morgan fingerprint density at radius 2 is 0.571 bits per heavy atom. The maximum Gasteiger partial charge on any atom is 0 e. The molecule has 7 heavy (non-hydrogen) atoms. The Morgan fingerprint density at radius 3 is 0.571 bits per heavy atom. The Bertz CT molecular complexity index is 8.04. The second-order valence-corrected chi connectivity index (χ2v) is 0. The molecule has 0 fully saturated rings. The average molecular weight is 325 g/mol. The minimum Gasteiger partial charge on any atom is -0.358 e. The minimum atomic E-state index is 0. The molecular weight excluding hydrogens is 307 g/mol. The van der Waals surface area contributed by atoms with Gasteiger partial charge in [0.1, 0.15) is 0 Å². The second kappa shape index (κ2) is 190. The van der Waals surface area contributed by atoms with E-state index in [1.807, 2.05) is 0 Å². The van der Waals surface area contributed by atoms with Crippen LogP contribution < -0.4 is 0 Å². The first-order valence-corrected chi connectivity index (χ1v) is 0. The summed E-state index contributed by atoms with van der Waals surface area (Å²) >= 11 is 0. The van der Waals surface area contributed by atoms with E-state index < -0.39 is 0 Å². The molecule has 0 spiro atoms. The van der Waals surface area contributed by atoms with Gasteiger partial charge in [-0.15, -0.1) is 0 Å². The molecule has 0 aliphatic carbocycles. The van der Waals surface area contributed by atoms with Gasteiger partial charge in [0.15, 0.2) is 0 Å². The van der Waals surface area contributed by atoms with Crippen molar-refractivity contribution >= 4 is 0 Å². The standard InChI is InChI=1S/2CH4.3CH3.Cu.W/h2*1H4;3*1H3;;/q;;3*-1;;. The van der Waals surface area contributed by atoms with Crippen molar-refractivity contribution in [2.45, 2.75) is 14.9 Å². The van der Waals surface area contributed by atoms with Gasteiger partial charge in [0, 0.05) is 38.1 Å². The minimum absolute atomic E-state index is 0. The van der Waals surface area contributed by atoms with E-state index in [0.29, 0.717) is 0 Å². The molecule has 0 N–H and O–H groups in total. The summed E-state index contributed by atoms with van der Waals surface area (Å²) in [4.78, 5) is 0. The quantitative estimate of drug-likeness (QED) is 0.475. The van der Waals surface area contributed by atoms with Crippen molar-refractivity contribution < 1.29 is 38.1 Å². The Labute approximate surface area is 75.2 Å². The van der Waals surface area contributed by atoms with Crippen molar-refractivity contribution in [3.8, 4) is 0 Å². The maximum atomic E-state index is 0. The normalized spacial score (nSPS) is 0. The van der Waals surface area contributed by atoms with Crippen LogP contribution in [-0.2, 0) is 38.1 Å². The van der Waals surface area contributed by atoms with E-state index in [4.69, 9.17) is 0 Å². The molecule has 0 saturated carbocycles. The smallest absolute Gasteiger partial charge is 0 e. The van der Waals surface area contributed by atoms with E-state index in [1.54, 1.807) is 0 Å². The van der Waals surface area contributed by atoms with Crippen molar-refractivity contribution in [3.05, 3.63) is 22.3 Å². The van der Waals surface area contributed by atoms with Crippen LogP contribution in [0.5, 0.6) is 0 Å². The third-order valence-corrected chi connectivity index (χ3v) is 0. The summed E-state index contributed by atoms with van der Waals surface area (Å²) in [5, 5.41) is 0. The third kappa shape index (κ3) is 134. The molecule has 0 aliphatic heterocycles. The van der Waals surface area contributed by atoms with Crippen LogP contribution in [0, 0.1) is 22.3 Å². The van der Waals surface area contributed by atoms with Crippen molar-refractivity contribution in [3.63, 3.8) is 0 Å². The van der Waals surface area contributed by atoms with Crippen molar-refractivity contribution in [1.29, 1.82) is 0 Å². The molecule has 0 unspecified atom stereocenters. The SMILES string of the molecule is C.C.[CH3-].[CH3-].[CH3-].[Cu].[W]. The molecule has 0 atom stereocenters. The van der Waals surface area contributed by atoms with Crippen LogP contribution in [0.25, 0.3) is 0 Å². The fourth-order valence-electron chi connectivity index (χ4n) is 0. The van der Waals surface area contributed by atoms with Gasteiger partial charge < -0.3 is 22.3 Å². The zero-order valence-corrected chi connectivity index (χ0v) is 7.58. The maximum absolute atomic E-state index is 0. The van der Waals surface area contributed by atoms with Gasteiger partial charge in [-0.05, 0) is 0 Å². The van der Waals surface area contributed by atoms with Crippen LogP contribution >= 0.6 is 0 Å². The Kier molecular flexibility index (Phi) is 7950. The molecule has 0 nitrogen and oxygen atoms in total. The molecule has 57 valence electrons. The van der Waals surface area contributed by atoms with Crippen molar-refractivity contribution in [2.24, 2.45) is 0 Å². The monoisotopic (exact) mass is 324 g/mol. The van der Waals surface area contributed by atoms with Crippen LogP contribution in [0.4, 0.5) is 0 Å². The zero-order valence-electron chi connectivity index (χ0n) is 3.71. The Balaban J connectivity index is 0. The van der Waals surface area contributed by atoms with E-state index in [1.165, 1.54) is 0 Å². The molecule has 0 saturated heterocycles. The first-order valence-electron chi connectivity index (χ1n) is 0. The number of hydrogen-bond acceptors (Lipinski definition) is 0. The van der Waals surface area contributed by atoms with Crippen LogP contribution in [0.15, 0.2) is 0 Å².